The lowest BCUT2D eigenvalue weighted by molar-refractivity contribution is 0.128. The third-order valence-electron chi connectivity index (χ3n) is 2.79. The summed E-state index contributed by atoms with van der Waals surface area (Å²) in [5.74, 6) is 1.63. The zero-order valence-corrected chi connectivity index (χ0v) is 14.5. The summed E-state index contributed by atoms with van der Waals surface area (Å²) < 4.78 is 12.1. The van der Waals surface area contributed by atoms with Crippen LogP contribution in [0.25, 0.3) is 0 Å². The van der Waals surface area contributed by atoms with E-state index in [9.17, 15) is 0 Å². The normalized spacial score (nSPS) is 10.7. The van der Waals surface area contributed by atoms with Gasteiger partial charge in [-0.15, -0.1) is 0 Å². The molecule has 0 bridgehead atoms. The average molecular weight is 372 g/mol. The Labute approximate surface area is 137 Å². The van der Waals surface area contributed by atoms with Crippen LogP contribution in [-0.2, 0) is 11.3 Å². The third kappa shape index (κ3) is 4.40. The molecule has 112 valence electrons. The van der Waals surface area contributed by atoms with Crippen molar-refractivity contribution in [3.63, 3.8) is 0 Å². The van der Waals surface area contributed by atoms with Crippen LogP contribution < -0.4 is 4.74 Å². The van der Waals surface area contributed by atoms with Gasteiger partial charge in [0.1, 0.15) is 17.5 Å². The Morgan fingerprint density at radius 1 is 1.14 bits per heavy atom. The minimum atomic E-state index is 0.311. The van der Waals surface area contributed by atoms with E-state index in [2.05, 4.69) is 25.9 Å². The van der Waals surface area contributed by atoms with Gasteiger partial charge in [-0.05, 0) is 44.0 Å². The molecule has 1 heterocycles. The van der Waals surface area contributed by atoms with Gasteiger partial charge in [-0.2, -0.15) is 4.98 Å². The van der Waals surface area contributed by atoms with Crippen molar-refractivity contribution in [2.45, 2.75) is 27.4 Å². The molecule has 6 heteroatoms. The van der Waals surface area contributed by atoms with Crippen molar-refractivity contribution in [3.8, 4) is 11.6 Å². The lowest BCUT2D eigenvalue weighted by atomic mass is 10.1. The first-order chi connectivity index (χ1) is 9.99. The van der Waals surface area contributed by atoms with Crippen molar-refractivity contribution in [1.82, 2.24) is 9.97 Å². The van der Waals surface area contributed by atoms with Crippen molar-refractivity contribution in [3.05, 3.63) is 44.8 Å². The zero-order valence-electron chi connectivity index (χ0n) is 12.1. The Bertz CT molecular complexity index is 627. The van der Waals surface area contributed by atoms with E-state index in [-0.39, 0.29) is 0 Å². The molecule has 0 aliphatic carbocycles. The Morgan fingerprint density at radius 2 is 1.81 bits per heavy atom. The van der Waals surface area contributed by atoms with Crippen LogP contribution in [0.4, 0.5) is 0 Å². The first-order valence-electron chi connectivity index (χ1n) is 6.55. The molecule has 0 spiro atoms. The van der Waals surface area contributed by atoms with Crippen LogP contribution in [0.1, 0.15) is 23.9 Å². The quantitative estimate of drug-likeness (QED) is 0.706. The van der Waals surface area contributed by atoms with E-state index in [1.807, 2.05) is 32.9 Å². The highest BCUT2D eigenvalue weighted by Gasteiger charge is 2.08. The Morgan fingerprint density at radius 3 is 2.43 bits per heavy atom. The number of rotatable bonds is 5. The van der Waals surface area contributed by atoms with Crippen LogP contribution in [-0.4, -0.2) is 16.6 Å². The number of benzene rings is 1. The average Bonchev–Trinajstić information content (AvgIpc) is 2.42. The molecule has 1 aromatic carbocycles. The van der Waals surface area contributed by atoms with Crippen molar-refractivity contribution in [1.29, 1.82) is 0 Å². The van der Waals surface area contributed by atoms with Gasteiger partial charge in [0.05, 0.1) is 0 Å². The fourth-order valence-electron chi connectivity index (χ4n) is 1.84. The summed E-state index contributed by atoms with van der Waals surface area (Å²) in [5.41, 5.74) is 2.19. The number of aryl methyl sites for hydroxylation is 2. The third-order valence-corrected chi connectivity index (χ3v) is 4.23. The lowest BCUT2D eigenvalue weighted by Crippen LogP contribution is -2.01. The molecule has 21 heavy (non-hydrogen) atoms. The molecule has 0 fully saturated rings. The molecule has 0 saturated carbocycles. The highest BCUT2D eigenvalue weighted by atomic mass is 79.9. The molecule has 0 amide bonds. The van der Waals surface area contributed by atoms with Crippen molar-refractivity contribution >= 4 is 27.5 Å². The van der Waals surface area contributed by atoms with E-state index < -0.39 is 0 Å². The van der Waals surface area contributed by atoms with E-state index in [0.29, 0.717) is 35.8 Å². The molecular weight excluding hydrogens is 356 g/mol. The number of aromatic nitrogens is 2. The number of hydrogen-bond donors (Lipinski definition) is 0. The molecule has 0 aliphatic heterocycles. The summed E-state index contributed by atoms with van der Waals surface area (Å²) in [4.78, 5) is 8.40. The second kappa shape index (κ2) is 7.20. The van der Waals surface area contributed by atoms with Gasteiger partial charge in [0, 0.05) is 17.1 Å². The van der Waals surface area contributed by atoms with E-state index in [1.165, 1.54) is 0 Å². The molecule has 1 aromatic heterocycles. The first-order valence-corrected chi connectivity index (χ1v) is 7.72. The van der Waals surface area contributed by atoms with Gasteiger partial charge in [-0.25, -0.2) is 4.98 Å². The van der Waals surface area contributed by atoms with E-state index in [1.54, 1.807) is 6.07 Å². The number of ether oxygens (including phenoxy) is 2. The second-order valence-electron chi connectivity index (χ2n) is 4.56. The standard InChI is InChI=1S/C15H16BrClN2O2/c1-4-20-8-13-18-12(17)7-14(19-13)21-11-5-9(2)15(16)10(3)6-11/h5-7H,4,8H2,1-3H3. The predicted octanol–water partition coefficient (Wildman–Crippen LogP) is 4.84. The molecule has 0 aliphatic rings. The zero-order chi connectivity index (χ0) is 15.4. The van der Waals surface area contributed by atoms with Crippen molar-refractivity contribution < 1.29 is 9.47 Å². The Kier molecular flexibility index (Phi) is 5.56. The monoisotopic (exact) mass is 370 g/mol. The van der Waals surface area contributed by atoms with Crippen molar-refractivity contribution in [2.75, 3.05) is 6.61 Å². The summed E-state index contributed by atoms with van der Waals surface area (Å²) >= 11 is 9.52. The van der Waals surface area contributed by atoms with Gasteiger partial charge < -0.3 is 9.47 Å². The molecular formula is C15H16BrClN2O2. The van der Waals surface area contributed by atoms with Crippen LogP contribution in [0.2, 0.25) is 5.15 Å². The highest BCUT2D eigenvalue weighted by Crippen LogP contribution is 2.29. The molecule has 0 atom stereocenters. The van der Waals surface area contributed by atoms with Crippen LogP contribution in [0.3, 0.4) is 0 Å². The largest absolute Gasteiger partial charge is 0.439 e. The van der Waals surface area contributed by atoms with Crippen molar-refractivity contribution in [2.24, 2.45) is 0 Å². The molecule has 0 saturated heterocycles. The lowest BCUT2D eigenvalue weighted by Gasteiger charge is -2.10. The first kappa shape index (κ1) is 16.2. The van der Waals surface area contributed by atoms with Crippen LogP contribution in [0.5, 0.6) is 11.6 Å². The number of halogens is 2. The summed E-state index contributed by atoms with van der Waals surface area (Å²) in [7, 11) is 0. The SMILES string of the molecule is CCOCc1nc(Cl)cc(Oc2cc(C)c(Br)c(C)c2)n1. The predicted molar refractivity (Wildman–Crippen MR) is 86.1 cm³/mol. The molecule has 4 nitrogen and oxygen atoms in total. The van der Waals surface area contributed by atoms with E-state index in [4.69, 9.17) is 21.1 Å². The van der Waals surface area contributed by atoms with Gasteiger partial charge in [0.25, 0.3) is 0 Å². The summed E-state index contributed by atoms with van der Waals surface area (Å²) in [5, 5.41) is 0.334. The Balaban J connectivity index is 2.24. The molecule has 0 N–H and O–H groups in total. The maximum Gasteiger partial charge on any atom is 0.224 e. The summed E-state index contributed by atoms with van der Waals surface area (Å²) in [6.45, 7) is 6.84. The van der Waals surface area contributed by atoms with Crippen LogP contribution >= 0.6 is 27.5 Å². The van der Waals surface area contributed by atoms with E-state index >= 15 is 0 Å². The number of nitrogens with zero attached hydrogens (tertiary/aromatic N) is 2. The highest BCUT2D eigenvalue weighted by molar-refractivity contribution is 9.10. The fourth-order valence-corrected chi connectivity index (χ4v) is 2.26. The fraction of sp³-hybridized carbons (Fsp3) is 0.333. The van der Waals surface area contributed by atoms with Crippen LogP contribution in [0, 0.1) is 13.8 Å². The molecule has 2 rings (SSSR count). The van der Waals surface area contributed by atoms with Crippen LogP contribution in [0.15, 0.2) is 22.7 Å². The molecule has 0 radical (unpaired) electrons. The minimum Gasteiger partial charge on any atom is -0.439 e. The molecule has 0 unspecified atom stereocenters. The topological polar surface area (TPSA) is 44.2 Å². The second-order valence-corrected chi connectivity index (χ2v) is 5.74. The number of hydrogen-bond acceptors (Lipinski definition) is 4. The summed E-state index contributed by atoms with van der Waals surface area (Å²) in [6, 6.07) is 5.47. The smallest absolute Gasteiger partial charge is 0.224 e. The van der Waals surface area contributed by atoms with Gasteiger partial charge in [-0.1, -0.05) is 27.5 Å². The van der Waals surface area contributed by atoms with Gasteiger partial charge >= 0.3 is 0 Å². The van der Waals surface area contributed by atoms with E-state index in [0.717, 1.165) is 15.6 Å². The van der Waals surface area contributed by atoms with Gasteiger partial charge in [0.15, 0.2) is 5.82 Å². The minimum absolute atomic E-state index is 0.311. The summed E-state index contributed by atoms with van der Waals surface area (Å²) in [6.07, 6.45) is 0. The maximum absolute atomic E-state index is 5.99. The van der Waals surface area contributed by atoms with Gasteiger partial charge in [0.2, 0.25) is 5.88 Å². The Hall–Kier alpha value is -1.17. The maximum atomic E-state index is 5.99. The van der Waals surface area contributed by atoms with Gasteiger partial charge in [-0.3, -0.25) is 0 Å². The molecule has 2 aromatic rings.